The van der Waals surface area contributed by atoms with Gasteiger partial charge < -0.3 is 10.1 Å². The first-order chi connectivity index (χ1) is 12.5. The van der Waals surface area contributed by atoms with Crippen LogP contribution < -0.4 is 5.32 Å². The van der Waals surface area contributed by atoms with Crippen LogP contribution in [0.4, 0.5) is 14.5 Å². The van der Waals surface area contributed by atoms with E-state index in [1.807, 2.05) is 11.4 Å². The van der Waals surface area contributed by atoms with Gasteiger partial charge in [0.25, 0.3) is 5.91 Å². The van der Waals surface area contributed by atoms with Gasteiger partial charge in [0.1, 0.15) is 11.6 Å². The number of esters is 1. The summed E-state index contributed by atoms with van der Waals surface area (Å²) in [5.41, 5.74) is -0.343. The Morgan fingerprint density at radius 3 is 2.88 bits per heavy atom. The maximum Gasteiger partial charge on any atom is 0.330 e. The van der Waals surface area contributed by atoms with Crippen molar-refractivity contribution in [3.8, 4) is 10.7 Å². The Morgan fingerprint density at radius 2 is 2.12 bits per heavy atom. The zero-order valence-electron chi connectivity index (χ0n) is 13.1. The second-order valence-electron chi connectivity index (χ2n) is 4.95. The molecule has 134 valence electrons. The predicted octanol–water partition coefficient (Wildman–Crippen LogP) is 1.86. The van der Waals surface area contributed by atoms with E-state index in [9.17, 15) is 18.4 Å². The van der Waals surface area contributed by atoms with Crippen LogP contribution in [-0.4, -0.2) is 38.7 Å². The summed E-state index contributed by atoms with van der Waals surface area (Å²) < 4.78 is 31.2. The molecule has 0 atom stereocenters. The van der Waals surface area contributed by atoms with E-state index in [0.29, 0.717) is 5.82 Å². The summed E-state index contributed by atoms with van der Waals surface area (Å²) in [7, 11) is 0. The van der Waals surface area contributed by atoms with E-state index in [1.165, 1.54) is 11.3 Å². The fourth-order valence-corrected chi connectivity index (χ4v) is 2.55. The zero-order chi connectivity index (χ0) is 18.5. The van der Waals surface area contributed by atoms with Crippen LogP contribution in [0.25, 0.3) is 10.7 Å². The molecule has 0 radical (unpaired) electrons. The molecule has 0 saturated carbocycles. The molecule has 1 N–H and O–H groups in total. The van der Waals surface area contributed by atoms with Crippen LogP contribution in [-0.2, 0) is 20.9 Å². The first-order valence-corrected chi connectivity index (χ1v) is 8.11. The molecule has 3 rings (SSSR count). The van der Waals surface area contributed by atoms with Gasteiger partial charge in [-0.2, -0.15) is 4.80 Å². The van der Waals surface area contributed by atoms with Gasteiger partial charge in [-0.05, 0) is 28.8 Å². The van der Waals surface area contributed by atoms with Crippen LogP contribution in [0.2, 0.25) is 0 Å². The monoisotopic (exact) mass is 379 g/mol. The Balaban J connectivity index is 1.49. The molecule has 2 aromatic heterocycles. The number of carbonyl (C=O) groups is 2. The molecule has 3 aromatic rings. The van der Waals surface area contributed by atoms with Gasteiger partial charge in [-0.1, -0.05) is 6.07 Å². The number of nitrogens with one attached hydrogen (secondary N) is 1. The van der Waals surface area contributed by atoms with Crippen molar-refractivity contribution >= 4 is 28.9 Å². The van der Waals surface area contributed by atoms with Gasteiger partial charge in [0.2, 0.25) is 5.82 Å². The molecule has 0 aliphatic carbocycles. The topological polar surface area (TPSA) is 99.0 Å². The number of thiophene rings is 1. The SMILES string of the molecule is O=C(COC(=O)Cn1nnc(-c2cccs2)n1)Nc1cc(F)ccc1F. The number of rotatable bonds is 6. The van der Waals surface area contributed by atoms with E-state index in [0.717, 1.165) is 27.9 Å². The molecule has 0 aliphatic rings. The van der Waals surface area contributed by atoms with Gasteiger partial charge in [0.15, 0.2) is 13.2 Å². The number of hydrogen-bond donors (Lipinski definition) is 1. The molecule has 1 aromatic carbocycles. The van der Waals surface area contributed by atoms with E-state index in [1.54, 1.807) is 6.07 Å². The third kappa shape index (κ3) is 4.45. The number of hydrogen-bond acceptors (Lipinski definition) is 7. The molecule has 0 bridgehead atoms. The van der Waals surface area contributed by atoms with Crippen LogP contribution in [0.1, 0.15) is 0 Å². The number of carbonyl (C=O) groups excluding carboxylic acids is 2. The fourth-order valence-electron chi connectivity index (χ4n) is 1.90. The Bertz CT molecular complexity index is 929. The number of anilines is 1. The van der Waals surface area contributed by atoms with E-state index in [4.69, 9.17) is 4.74 Å². The van der Waals surface area contributed by atoms with Gasteiger partial charge in [0, 0.05) is 6.07 Å². The van der Waals surface area contributed by atoms with Crippen LogP contribution in [0.5, 0.6) is 0 Å². The average Bonchev–Trinajstić information content (AvgIpc) is 3.28. The summed E-state index contributed by atoms with van der Waals surface area (Å²) in [6.45, 7) is -1.01. The molecule has 0 spiro atoms. The largest absolute Gasteiger partial charge is 0.454 e. The summed E-state index contributed by atoms with van der Waals surface area (Å²) in [6, 6.07) is 6.24. The van der Waals surface area contributed by atoms with Crippen molar-refractivity contribution in [3.63, 3.8) is 0 Å². The highest BCUT2D eigenvalue weighted by Crippen LogP contribution is 2.19. The first-order valence-electron chi connectivity index (χ1n) is 7.23. The van der Waals surface area contributed by atoms with E-state index in [-0.39, 0.29) is 12.2 Å². The second-order valence-corrected chi connectivity index (χ2v) is 5.90. The number of benzene rings is 1. The van der Waals surface area contributed by atoms with Crippen LogP contribution in [0.3, 0.4) is 0 Å². The van der Waals surface area contributed by atoms with Gasteiger partial charge in [0.05, 0.1) is 10.6 Å². The summed E-state index contributed by atoms with van der Waals surface area (Å²) in [6.07, 6.45) is 0. The second kappa shape index (κ2) is 7.78. The quantitative estimate of drug-likeness (QED) is 0.657. The van der Waals surface area contributed by atoms with E-state index >= 15 is 0 Å². The summed E-state index contributed by atoms with van der Waals surface area (Å²) >= 11 is 1.42. The molecule has 1 amide bonds. The molecular formula is C15H11F2N5O3S. The number of aromatic nitrogens is 4. The van der Waals surface area contributed by atoms with Crippen LogP contribution >= 0.6 is 11.3 Å². The average molecular weight is 379 g/mol. The first kappa shape index (κ1) is 17.6. The minimum Gasteiger partial charge on any atom is -0.454 e. The lowest BCUT2D eigenvalue weighted by atomic mass is 10.3. The van der Waals surface area contributed by atoms with Gasteiger partial charge in [-0.3, -0.25) is 4.79 Å². The normalized spacial score (nSPS) is 10.5. The standard InChI is InChI=1S/C15H11F2N5O3S/c16-9-3-4-10(17)11(6-9)18-13(23)8-25-14(24)7-22-20-15(19-21-22)12-2-1-5-26-12/h1-6H,7-8H2,(H,18,23). The summed E-state index contributed by atoms with van der Waals surface area (Å²) in [4.78, 5) is 25.2. The molecule has 0 unspecified atom stereocenters. The van der Waals surface area contributed by atoms with Crippen LogP contribution in [0.15, 0.2) is 35.7 Å². The van der Waals surface area contributed by atoms with Crippen molar-refractivity contribution in [1.29, 1.82) is 0 Å². The third-order valence-electron chi connectivity index (χ3n) is 3.03. The molecule has 2 heterocycles. The molecule has 0 fully saturated rings. The minimum absolute atomic E-state index is 0.343. The maximum atomic E-state index is 13.4. The lowest BCUT2D eigenvalue weighted by Gasteiger charge is -2.07. The van der Waals surface area contributed by atoms with Crippen molar-refractivity contribution in [2.45, 2.75) is 6.54 Å². The van der Waals surface area contributed by atoms with E-state index < -0.39 is 30.1 Å². The lowest BCUT2D eigenvalue weighted by Crippen LogP contribution is -2.24. The Kier molecular flexibility index (Phi) is 5.27. The zero-order valence-corrected chi connectivity index (χ0v) is 13.9. The Labute approximate surface area is 149 Å². The van der Waals surface area contributed by atoms with Crippen molar-refractivity contribution in [1.82, 2.24) is 20.2 Å². The van der Waals surface area contributed by atoms with Crippen molar-refractivity contribution in [2.24, 2.45) is 0 Å². The van der Waals surface area contributed by atoms with Gasteiger partial charge in [-0.25, -0.2) is 13.6 Å². The molecular weight excluding hydrogens is 368 g/mol. The van der Waals surface area contributed by atoms with Crippen LogP contribution in [0, 0.1) is 11.6 Å². The highest BCUT2D eigenvalue weighted by molar-refractivity contribution is 7.13. The van der Waals surface area contributed by atoms with Crippen molar-refractivity contribution < 1.29 is 23.1 Å². The summed E-state index contributed by atoms with van der Waals surface area (Å²) in [5.74, 6) is -2.74. The van der Waals surface area contributed by atoms with Gasteiger partial charge >= 0.3 is 5.97 Å². The number of amides is 1. The number of nitrogens with zero attached hydrogens (tertiary/aromatic N) is 4. The highest BCUT2D eigenvalue weighted by atomic mass is 32.1. The summed E-state index contributed by atoms with van der Waals surface area (Å²) in [5, 5.41) is 15.5. The molecule has 0 aliphatic heterocycles. The minimum atomic E-state index is -0.811. The molecule has 26 heavy (non-hydrogen) atoms. The molecule has 11 heteroatoms. The third-order valence-corrected chi connectivity index (χ3v) is 3.90. The Morgan fingerprint density at radius 1 is 1.27 bits per heavy atom. The van der Waals surface area contributed by atoms with Crippen molar-refractivity contribution in [3.05, 3.63) is 47.3 Å². The molecule has 8 nitrogen and oxygen atoms in total. The predicted molar refractivity (Wildman–Crippen MR) is 87.1 cm³/mol. The number of tetrazole rings is 1. The van der Waals surface area contributed by atoms with Gasteiger partial charge in [-0.15, -0.1) is 21.5 Å². The maximum absolute atomic E-state index is 13.4. The fraction of sp³-hybridized carbons (Fsp3) is 0.133. The number of halogens is 2. The van der Waals surface area contributed by atoms with E-state index in [2.05, 4.69) is 20.7 Å². The smallest absolute Gasteiger partial charge is 0.330 e. The Hall–Kier alpha value is -3.21. The molecule has 0 saturated heterocycles. The number of ether oxygens (including phenoxy) is 1. The highest BCUT2D eigenvalue weighted by Gasteiger charge is 2.14. The van der Waals surface area contributed by atoms with Crippen molar-refractivity contribution in [2.75, 3.05) is 11.9 Å². The lowest BCUT2D eigenvalue weighted by molar-refractivity contribution is -0.148.